The molecule has 0 bridgehead atoms. The van der Waals surface area contributed by atoms with Crippen LogP contribution in [-0.4, -0.2) is 34.0 Å². The lowest BCUT2D eigenvalue weighted by Gasteiger charge is -2.34. The Bertz CT molecular complexity index is 397. The van der Waals surface area contributed by atoms with Crippen LogP contribution >= 0.6 is 0 Å². The van der Waals surface area contributed by atoms with Crippen molar-refractivity contribution < 1.29 is 18.3 Å². The normalized spacial score (nSPS) is 19.2. The fourth-order valence-electron chi connectivity index (χ4n) is 1.81. The summed E-state index contributed by atoms with van der Waals surface area (Å²) < 4.78 is 31.0. The highest BCUT2D eigenvalue weighted by Gasteiger charge is 2.45. The number of hydrogen-bond donors (Lipinski definition) is 0. The molecule has 2 rings (SSSR count). The van der Waals surface area contributed by atoms with Gasteiger partial charge >= 0.3 is 5.97 Å². The summed E-state index contributed by atoms with van der Waals surface area (Å²) in [5.41, 5.74) is 0.192. The van der Waals surface area contributed by atoms with Gasteiger partial charge in [-0.05, 0) is 5.92 Å². The summed E-state index contributed by atoms with van der Waals surface area (Å²) in [4.78, 5) is 11.2. The van der Waals surface area contributed by atoms with Crippen molar-refractivity contribution in [1.82, 2.24) is 15.0 Å². The molecule has 0 radical (unpaired) electrons. The van der Waals surface area contributed by atoms with Crippen LogP contribution in [0.3, 0.4) is 0 Å². The highest BCUT2D eigenvalue weighted by Crippen LogP contribution is 2.43. The lowest BCUT2D eigenvalue weighted by atomic mass is 9.81. The minimum atomic E-state index is -2.56. The Morgan fingerprint density at radius 1 is 1.69 bits per heavy atom. The van der Waals surface area contributed by atoms with Gasteiger partial charge in [-0.15, -0.1) is 5.10 Å². The van der Waals surface area contributed by atoms with Gasteiger partial charge in [-0.2, -0.15) is 0 Å². The molecule has 0 spiro atoms. The Morgan fingerprint density at radius 3 is 2.94 bits per heavy atom. The van der Waals surface area contributed by atoms with Gasteiger partial charge in [-0.3, -0.25) is 0 Å². The summed E-state index contributed by atoms with van der Waals surface area (Å²) in [6, 6.07) is 0. The molecule has 1 saturated carbocycles. The zero-order valence-corrected chi connectivity index (χ0v) is 8.69. The number of alkyl halides is 2. The van der Waals surface area contributed by atoms with Crippen LogP contribution < -0.4 is 0 Å². The number of rotatable bonds is 3. The topological polar surface area (TPSA) is 57.0 Å². The van der Waals surface area contributed by atoms with Gasteiger partial charge < -0.3 is 4.74 Å². The molecule has 0 aliphatic heterocycles. The summed E-state index contributed by atoms with van der Waals surface area (Å²) in [6.07, 6.45) is 0.948. The van der Waals surface area contributed by atoms with Gasteiger partial charge in [-0.25, -0.2) is 18.3 Å². The molecule has 0 N–H and O–H groups in total. The van der Waals surface area contributed by atoms with Gasteiger partial charge in [0, 0.05) is 19.4 Å². The molecule has 1 aliphatic carbocycles. The summed E-state index contributed by atoms with van der Waals surface area (Å²) in [5.74, 6) is -3.27. The van der Waals surface area contributed by atoms with Crippen LogP contribution in [0.2, 0.25) is 0 Å². The molecule has 1 heterocycles. The van der Waals surface area contributed by atoms with Gasteiger partial charge in [0.15, 0.2) is 5.69 Å². The smallest absolute Gasteiger partial charge is 0.358 e. The number of aromatic nitrogens is 3. The maximum Gasteiger partial charge on any atom is 0.358 e. The third kappa shape index (κ3) is 2.02. The monoisotopic (exact) mass is 231 g/mol. The lowest BCUT2D eigenvalue weighted by molar-refractivity contribution is -0.114. The van der Waals surface area contributed by atoms with Crippen molar-refractivity contribution in [3.05, 3.63) is 11.9 Å². The Hall–Kier alpha value is -1.53. The van der Waals surface area contributed by atoms with Crippen molar-refractivity contribution in [1.29, 1.82) is 0 Å². The predicted molar refractivity (Wildman–Crippen MR) is 49.0 cm³/mol. The first-order chi connectivity index (χ1) is 7.52. The number of halogens is 2. The molecule has 1 fully saturated rings. The van der Waals surface area contributed by atoms with E-state index in [0.29, 0.717) is 0 Å². The van der Waals surface area contributed by atoms with Crippen molar-refractivity contribution in [3.8, 4) is 0 Å². The van der Waals surface area contributed by atoms with E-state index in [1.165, 1.54) is 18.0 Å². The van der Waals surface area contributed by atoms with Crippen LogP contribution in [-0.2, 0) is 11.3 Å². The van der Waals surface area contributed by atoms with Gasteiger partial charge in [-0.1, -0.05) is 5.21 Å². The van der Waals surface area contributed by atoms with Gasteiger partial charge in [0.1, 0.15) is 0 Å². The molecule has 0 unspecified atom stereocenters. The third-order valence-electron chi connectivity index (χ3n) is 2.62. The van der Waals surface area contributed by atoms with Crippen LogP contribution in [0, 0.1) is 5.92 Å². The number of hydrogen-bond acceptors (Lipinski definition) is 4. The number of ether oxygens (including phenoxy) is 1. The van der Waals surface area contributed by atoms with E-state index in [1.807, 2.05) is 0 Å². The van der Waals surface area contributed by atoms with E-state index < -0.39 is 11.9 Å². The summed E-state index contributed by atoms with van der Waals surface area (Å²) in [6.45, 7) is 0.278. The third-order valence-corrected chi connectivity index (χ3v) is 2.62. The van der Waals surface area contributed by atoms with E-state index >= 15 is 0 Å². The molecule has 0 atom stereocenters. The van der Waals surface area contributed by atoms with E-state index in [9.17, 15) is 13.6 Å². The first kappa shape index (κ1) is 11.0. The highest BCUT2D eigenvalue weighted by atomic mass is 19.3. The number of carbonyl (C=O) groups is 1. The van der Waals surface area contributed by atoms with Crippen molar-refractivity contribution in [2.45, 2.75) is 25.3 Å². The predicted octanol–water partition coefficient (Wildman–Crippen LogP) is 1.11. The van der Waals surface area contributed by atoms with Crippen LogP contribution in [0.25, 0.3) is 0 Å². The van der Waals surface area contributed by atoms with Crippen LogP contribution in [0.1, 0.15) is 23.3 Å². The molecule has 5 nitrogen and oxygen atoms in total. The maximum atomic E-state index is 12.6. The number of esters is 1. The molecule has 1 aliphatic rings. The van der Waals surface area contributed by atoms with Gasteiger partial charge in [0.25, 0.3) is 0 Å². The number of methoxy groups -OCH3 is 1. The Kier molecular flexibility index (Phi) is 2.61. The number of nitrogens with zero attached hydrogens (tertiary/aromatic N) is 3. The summed E-state index contributed by atoms with van der Waals surface area (Å²) in [7, 11) is 1.25. The second-order valence-electron chi connectivity index (χ2n) is 3.92. The zero-order chi connectivity index (χ0) is 11.8. The van der Waals surface area contributed by atoms with Gasteiger partial charge in [0.05, 0.1) is 13.3 Å². The van der Waals surface area contributed by atoms with E-state index in [0.717, 1.165) is 0 Å². The highest BCUT2D eigenvalue weighted by molar-refractivity contribution is 5.86. The largest absolute Gasteiger partial charge is 0.464 e. The fraction of sp³-hybridized carbons (Fsp3) is 0.667. The first-order valence-corrected chi connectivity index (χ1v) is 4.86. The SMILES string of the molecule is COC(=O)c1cnnn1CC1CC(F)(F)C1. The van der Waals surface area contributed by atoms with Crippen molar-refractivity contribution >= 4 is 5.97 Å². The van der Waals surface area contributed by atoms with E-state index in [2.05, 4.69) is 15.0 Å². The molecular formula is C9H11F2N3O2. The summed E-state index contributed by atoms with van der Waals surface area (Å²) in [5, 5.41) is 7.24. The Morgan fingerprint density at radius 2 is 2.38 bits per heavy atom. The molecule has 88 valence electrons. The average molecular weight is 231 g/mol. The van der Waals surface area contributed by atoms with Crippen molar-refractivity contribution in [2.24, 2.45) is 5.92 Å². The molecule has 0 amide bonds. The average Bonchev–Trinajstić information content (AvgIpc) is 2.62. The summed E-state index contributed by atoms with van der Waals surface area (Å²) >= 11 is 0. The quantitative estimate of drug-likeness (QED) is 0.731. The Labute approximate surface area is 90.4 Å². The van der Waals surface area contributed by atoms with Crippen molar-refractivity contribution in [2.75, 3.05) is 7.11 Å². The standard InChI is InChI=1S/C9H11F2N3O2/c1-16-8(15)7-4-12-13-14(7)5-6-2-9(10,11)3-6/h4,6H,2-3,5H2,1H3. The molecule has 1 aromatic rings. The van der Waals surface area contributed by atoms with Crippen molar-refractivity contribution in [3.63, 3.8) is 0 Å². The van der Waals surface area contributed by atoms with E-state index in [1.54, 1.807) is 0 Å². The van der Waals surface area contributed by atoms with Crippen LogP contribution in [0.5, 0.6) is 0 Å². The minimum Gasteiger partial charge on any atom is -0.464 e. The minimum absolute atomic E-state index is 0.153. The lowest BCUT2D eigenvalue weighted by Crippen LogP contribution is -2.38. The van der Waals surface area contributed by atoms with Crippen LogP contribution in [0.4, 0.5) is 8.78 Å². The molecule has 0 aromatic carbocycles. The molecule has 7 heteroatoms. The molecule has 16 heavy (non-hydrogen) atoms. The molecule has 0 saturated heterocycles. The first-order valence-electron chi connectivity index (χ1n) is 4.86. The van der Waals surface area contributed by atoms with Crippen LogP contribution in [0.15, 0.2) is 6.20 Å². The second kappa shape index (κ2) is 3.80. The zero-order valence-electron chi connectivity index (χ0n) is 8.69. The van der Waals surface area contributed by atoms with E-state index in [4.69, 9.17) is 0 Å². The van der Waals surface area contributed by atoms with Gasteiger partial charge in [0.2, 0.25) is 5.92 Å². The molecule has 1 aromatic heterocycles. The second-order valence-corrected chi connectivity index (χ2v) is 3.92. The molecular weight excluding hydrogens is 220 g/mol. The maximum absolute atomic E-state index is 12.6. The fourth-order valence-corrected chi connectivity index (χ4v) is 1.81. The Balaban J connectivity index is 2.00. The van der Waals surface area contributed by atoms with E-state index in [-0.39, 0.29) is 31.0 Å². The number of carbonyl (C=O) groups excluding carboxylic acids is 1.